The maximum Gasteiger partial charge on any atom is 0.242 e. The number of carbonyl (C=O) groups is 1. The van der Waals surface area contributed by atoms with Gasteiger partial charge in [-0.1, -0.05) is 29.3 Å². The van der Waals surface area contributed by atoms with Gasteiger partial charge >= 0.3 is 0 Å². The van der Waals surface area contributed by atoms with Crippen LogP contribution in [0.2, 0.25) is 10.0 Å². The van der Waals surface area contributed by atoms with E-state index < -0.39 is 5.54 Å². The molecule has 1 atom stereocenters. The number of likely N-dealkylation sites (N-methyl/N-ethyl adjacent to an activating group) is 1. The minimum absolute atomic E-state index is 0.0268. The maximum atomic E-state index is 12.3. The van der Waals surface area contributed by atoms with Gasteiger partial charge < -0.3 is 10.6 Å². The van der Waals surface area contributed by atoms with Crippen LogP contribution in [0, 0.1) is 5.92 Å². The number of amides is 1. The van der Waals surface area contributed by atoms with Crippen LogP contribution in [0.4, 0.5) is 0 Å². The van der Waals surface area contributed by atoms with E-state index in [-0.39, 0.29) is 5.91 Å². The van der Waals surface area contributed by atoms with Crippen molar-refractivity contribution in [3.8, 4) is 0 Å². The second kappa shape index (κ2) is 5.31. The van der Waals surface area contributed by atoms with Gasteiger partial charge in [0, 0.05) is 13.6 Å². The molecule has 3 nitrogen and oxygen atoms in total. The zero-order valence-corrected chi connectivity index (χ0v) is 12.6. The summed E-state index contributed by atoms with van der Waals surface area (Å²) >= 11 is 11.8. The van der Waals surface area contributed by atoms with Gasteiger partial charge in [0.05, 0.1) is 15.6 Å². The molecular formula is C14H18Cl2N2O. The van der Waals surface area contributed by atoms with E-state index in [1.807, 2.05) is 13.0 Å². The number of hydrogen-bond acceptors (Lipinski definition) is 2. The van der Waals surface area contributed by atoms with Crippen LogP contribution in [0.15, 0.2) is 18.2 Å². The SMILES string of the molecule is CN(Cc1ccc(Cl)c(Cl)c1)C(=O)C(C)(N)C1CC1. The van der Waals surface area contributed by atoms with Gasteiger partial charge in [0.1, 0.15) is 0 Å². The molecule has 0 spiro atoms. The highest BCUT2D eigenvalue weighted by Gasteiger charge is 2.45. The summed E-state index contributed by atoms with van der Waals surface area (Å²) in [5.41, 5.74) is 6.32. The molecule has 1 unspecified atom stereocenters. The Morgan fingerprint density at radius 3 is 2.58 bits per heavy atom. The summed E-state index contributed by atoms with van der Waals surface area (Å²) in [5, 5.41) is 1.01. The van der Waals surface area contributed by atoms with Crippen molar-refractivity contribution in [3.05, 3.63) is 33.8 Å². The molecule has 1 amide bonds. The fraction of sp³-hybridized carbons (Fsp3) is 0.500. The van der Waals surface area contributed by atoms with Crippen LogP contribution < -0.4 is 5.73 Å². The average Bonchev–Trinajstić information content (AvgIpc) is 3.17. The lowest BCUT2D eigenvalue weighted by Gasteiger charge is -2.29. The number of halogens is 2. The Bertz CT molecular complexity index is 498. The molecule has 0 aliphatic heterocycles. The van der Waals surface area contributed by atoms with Gasteiger partial charge in [-0.05, 0) is 43.4 Å². The van der Waals surface area contributed by atoms with Crippen molar-refractivity contribution < 1.29 is 4.79 Å². The summed E-state index contributed by atoms with van der Waals surface area (Å²) in [5.74, 6) is 0.289. The third-order valence-electron chi connectivity index (χ3n) is 3.64. The summed E-state index contributed by atoms with van der Waals surface area (Å²) in [4.78, 5) is 14.0. The van der Waals surface area contributed by atoms with Gasteiger partial charge in [-0.2, -0.15) is 0 Å². The first-order chi connectivity index (χ1) is 8.82. The molecule has 0 saturated heterocycles. The van der Waals surface area contributed by atoms with Crippen molar-refractivity contribution >= 4 is 29.1 Å². The quantitative estimate of drug-likeness (QED) is 0.929. The second-order valence-electron chi connectivity index (χ2n) is 5.47. The van der Waals surface area contributed by atoms with Crippen LogP contribution >= 0.6 is 23.2 Å². The Kier molecular flexibility index (Phi) is 4.09. The predicted octanol–water partition coefficient (Wildman–Crippen LogP) is 3.08. The van der Waals surface area contributed by atoms with Crippen molar-refractivity contribution in [3.63, 3.8) is 0 Å². The Morgan fingerprint density at radius 2 is 2.05 bits per heavy atom. The molecule has 2 N–H and O–H groups in total. The Hall–Kier alpha value is -0.770. The highest BCUT2D eigenvalue weighted by molar-refractivity contribution is 6.42. The van der Waals surface area contributed by atoms with Gasteiger partial charge in [-0.3, -0.25) is 4.79 Å². The third-order valence-corrected chi connectivity index (χ3v) is 4.38. The average molecular weight is 301 g/mol. The van der Waals surface area contributed by atoms with Gasteiger partial charge in [-0.15, -0.1) is 0 Å². The minimum Gasteiger partial charge on any atom is -0.340 e. The van der Waals surface area contributed by atoms with Crippen molar-refractivity contribution in [2.45, 2.75) is 31.8 Å². The van der Waals surface area contributed by atoms with E-state index in [0.29, 0.717) is 22.5 Å². The molecule has 0 aromatic heterocycles. The lowest BCUT2D eigenvalue weighted by atomic mass is 9.95. The molecule has 0 bridgehead atoms. The first-order valence-electron chi connectivity index (χ1n) is 6.30. The van der Waals surface area contributed by atoms with Gasteiger partial charge in [0.25, 0.3) is 0 Å². The Labute approximate surface area is 123 Å². The van der Waals surface area contributed by atoms with E-state index in [2.05, 4.69) is 0 Å². The fourth-order valence-corrected chi connectivity index (χ4v) is 2.57. The molecule has 1 aliphatic carbocycles. The van der Waals surface area contributed by atoms with Crippen LogP contribution in [-0.4, -0.2) is 23.4 Å². The number of nitrogens with zero attached hydrogens (tertiary/aromatic N) is 1. The topological polar surface area (TPSA) is 46.3 Å². The Morgan fingerprint density at radius 1 is 1.42 bits per heavy atom. The van der Waals surface area contributed by atoms with Gasteiger partial charge in [-0.25, -0.2) is 0 Å². The number of benzene rings is 1. The molecule has 1 saturated carbocycles. The first-order valence-corrected chi connectivity index (χ1v) is 7.06. The van der Waals surface area contributed by atoms with E-state index in [1.54, 1.807) is 24.1 Å². The summed E-state index contributed by atoms with van der Waals surface area (Å²) in [6.45, 7) is 2.30. The highest BCUT2D eigenvalue weighted by Crippen LogP contribution is 2.39. The van der Waals surface area contributed by atoms with E-state index in [9.17, 15) is 4.79 Å². The van der Waals surface area contributed by atoms with Crippen LogP contribution in [0.1, 0.15) is 25.3 Å². The molecular weight excluding hydrogens is 283 g/mol. The number of nitrogens with two attached hydrogens (primary N) is 1. The van der Waals surface area contributed by atoms with Crippen molar-refractivity contribution in [1.29, 1.82) is 0 Å². The molecule has 104 valence electrons. The zero-order chi connectivity index (χ0) is 14.2. The third kappa shape index (κ3) is 3.22. The Balaban J connectivity index is 2.05. The summed E-state index contributed by atoms with van der Waals surface area (Å²) in [6, 6.07) is 5.38. The van der Waals surface area contributed by atoms with Crippen LogP contribution in [0.25, 0.3) is 0 Å². The van der Waals surface area contributed by atoms with E-state index in [0.717, 1.165) is 18.4 Å². The number of rotatable bonds is 4. The molecule has 5 heteroatoms. The molecule has 1 aromatic rings. The fourth-order valence-electron chi connectivity index (χ4n) is 2.25. The summed E-state index contributed by atoms with van der Waals surface area (Å²) in [7, 11) is 1.76. The predicted molar refractivity (Wildman–Crippen MR) is 78.3 cm³/mol. The number of hydrogen-bond donors (Lipinski definition) is 1. The van der Waals surface area contributed by atoms with Crippen LogP contribution in [0.5, 0.6) is 0 Å². The summed E-state index contributed by atoms with van der Waals surface area (Å²) < 4.78 is 0. The molecule has 1 aliphatic rings. The molecule has 1 aromatic carbocycles. The van der Waals surface area contributed by atoms with E-state index in [4.69, 9.17) is 28.9 Å². The monoisotopic (exact) mass is 300 g/mol. The number of carbonyl (C=O) groups excluding carboxylic acids is 1. The highest BCUT2D eigenvalue weighted by atomic mass is 35.5. The van der Waals surface area contributed by atoms with Crippen molar-refractivity contribution in [1.82, 2.24) is 4.90 Å². The van der Waals surface area contributed by atoms with E-state index in [1.165, 1.54) is 0 Å². The molecule has 0 heterocycles. The lowest BCUT2D eigenvalue weighted by Crippen LogP contribution is -2.53. The van der Waals surface area contributed by atoms with Crippen LogP contribution in [-0.2, 0) is 11.3 Å². The molecule has 2 rings (SSSR count). The van der Waals surface area contributed by atoms with Gasteiger partial charge in [0.2, 0.25) is 5.91 Å². The first kappa shape index (κ1) is 14.6. The van der Waals surface area contributed by atoms with Crippen LogP contribution in [0.3, 0.4) is 0 Å². The van der Waals surface area contributed by atoms with Crippen molar-refractivity contribution in [2.24, 2.45) is 11.7 Å². The molecule has 0 radical (unpaired) electrons. The lowest BCUT2D eigenvalue weighted by molar-refractivity contribution is -0.136. The minimum atomic E-state index is -0.759. The normalized spacial score (nSPS) is 17.9. The molecule has 19 heavy (non-hydrogen) atoms. The summed E-state index contributed by atoms with van der Waals surface area (Å²) in [6.07, 6.45) is 2.08. The largest absolute Gasteiger partial charge is 0.340 e. The molecule has 1 fully saturated rings. The zero-order valence-electron chi connectivity index (χ0n) is 11.1. The maximum absolute atomic E-state index is 12.3. The smallest absolute Gasteiger partial charge is 0.242 e. The van der Waals surface area contributed by atoms with E-state index >= 15 is 0 Å². The van der Waals surface area contributed by atoms with Crippen molar-refractivity contribution in [2.75, 3.05) is 7.05 Å². The standard InChI is InChI=1S/C14H18Cl2N2O/c1-14(17,10-4-5-10)13(19)18(2)8-9-3-6-11(15)12(16)7-9/h3,6-7,10H,4-5,8,17H2,1-2H3. The second-order valence-corrected chi connectivity index (χ2v) is 6.28. The van der Waals surface area contributed by atoms with Gasteiger partial charge in [0.15, 0.2) is 0 Å².